The third-order valence-electron chi connectivity index (χ3n) is 2.90. The number of morpholine rings is 1. The Labute approximate surface area is 103 Å². The number of hydrogen-bond donors (Lipinski definition) is 1. The lowest BCUT2D eigenvalue weighted by Gasteiger charge is -2.25. The van der Waals surface area contributed by atoms with Crippen LogP contribution in [0.1, 0.15) is 27.7 Å². The minimum absolute atomic E-state index is 0.00769. The topological polar surface area (TPSA) is 53.9 Å². The van der Waals surface area contributed by atoms with Gasteiger partial charge in [-0.15, -0.1) is 0 Å². The largest absolute Gasteiger partial charge is 0.379 e. The molecule has 0 atom stereocenters. The standard InChI is InChI=1S/C12H23N3O2/c1-10(12(2,3)4)13-14-11(16)9-15-5-7-17-8-6-15/h5-9H2,1-4H3,(H,14,16)/b13-10+. The van der Waals surface area contributed by atoms with E-state index in [0.29, 0.717) is 19.8 Å². The third kappa shape index (κ3) is 5.28. The Morgan fingerprint density at radius 2 is 1.94 bits per heavy atom. The minimum Gasteiger partial charge on any atom is -0.379 e. The van der Waals surface area contributed by atoms with E-state index < -0.39 is 0 Å². The minimum atomic E-state index is -0.0597. The Kier molecular flexibility index (Phi) is 5.08. The van der Waals surface area contributed by atoms with Gasteiger partial charge in [-0.1, -0.05) is 20.8 Å². The summed E-state index contributed by atoms with van der Waals surface area (Å²) in [6.45, 7) is 11.6. The van der Waals surface area contributed by atoms with E-state index in [1.165, 1.54) is 0 Å². The third-order valence-corrected chi connectivity index (χ3v) is 2.90. The highest BCUT2D eigenvalue weighted by atomic mass is 16.5. The molecule has 5 nitrogen and oxygen atoms in total. The zero-order valence-corrected chi connectivity index (χ0v) is 11.2. The van der Waals surface area contributed by atoms with E-state index in [-0.39, 0.29) is 11.3 Å². The van der Waals surface area contributed by atoms with E-state index in [4.69, 9.17) is 4.74 Å². The van der Waals surface area contributed by atoms with Crippen molar-refractivity contribution in [1.29, 1.82) is 0 Å². The second kappa shape index (κ2) is 6.12. The summed E-state index contributed by atoms with van der Waals surface area (Å²) in [4.78, 5) is 13.7. The molecule has 1 rings (SSSR count). The highest BCUT2D eigenvalue weighted by Crippen LogP contribution is 2.14. The molecule has 1 N–H and O–H groups in total. The van der Waals surface area contributed by atoms with Crippen molar-refractivity contribution in [2.45, 2.75) is 27.7 Å². The molecular weight excluding hydrogens is 218 g/mol. The molecule has 0 aromatic heterocycles. The maximum Gasteiger partial charge on any atom is 0.254 e. The molecule has 17 heavy (non-hydrogen) atoms. The number of nitrogens with zero attached hydrogens (tertiary/aromatic N) is 2. The Balaban J connectivity index is 2.34. The molecule has 5 heteroatoms. The molecule has 0 aliphatic carbocycles. The quantitative estimate of drug-likeness (QED) is 0.589. The molecule has 0 aromatic rings. The normalized spacial score (nSPS) is 19.2. The van der Waals surface area contributed by atoms with Crippen LogP contribution in [0.3, 0.4) is 0 Å². The average Bonchev–Trinajstić information content (AvgIpc) is 2.26. The van der Waals surface area contributed by atoms with Gasteiger partial charge in [0.05, 0.1) is 19.8 Å². The molecule has 1 aliphatic heterocycles. The first-order chi connectivity index (χ1) is 7.89. The molecule has 0 spiro atoms. The molecule has 0 aromatic carbocycles. The van der Waals surface area contributed by atoms with Crippen LogP contribution in [-0.2, 0) is 9.53 Å². The second-order valence-corrected chi connectivity index (χ2v) is 5.37. The fraction of sp³-hybridized carbons (Fsp3) is 0.833. The molecule has 1 aliphatic rings. The molecule has 1 amide bonds. The fourth-order valence-electron chi connectivity index (χ4n) is 1.31. The summed E-state index contributed by atoms with van der Waals surface area (Å²) in [7, 11) is 0. The van der Waals surface area contributed by atoms with E-state index >= 15 is 0 Å². The van der Waals surface area contributed by atoms with Crippen LogP contribution in [0.15, 0.2) is 5.10 Å². The van der Waals surface area contributed by atoms with Gasteiger partial charge in [0.15, 0.2) is 0 Å². The lowest BCUT2D eigenvalue weighted by Crippen LogP contribution is -2.42. The predicted molar refractivity (Wildman–Crippen MR) is 68.0 cm³/mol. The van der Waals surface area contributed by atoms with Gasteiger partial charge >= 0.3 is 0 Å². The van der Waals surface area contributed by atoms with Crippen molar-refractivity contribution in [2.24, 2.45) is 10.5 Å². The summed E-state index contributed by atoms with van der Waals surface area (Å²) < 4.78 is 5.22. The zero-order chi connectivity index (χ0) is 12.9. The maximum absolute atomic E-state index is 11.6. The van der Waals surface area contributed by atoms with Crippen molar-refractivity contribution >= 4 is 11.6 Å². The van der Waals surface area contributed by atoms with Gasteiger partial charge < -0.3 is 4.74 Å². The van der Waals surface area contributed by atoms with E-state index in [1.807, 2.05) is 6.92 Å². The number of ether oxygens (including phenoxy) is 1. The van der Waals surface area contributed by atoms with E-state index in [2.05, 4.69) is 36.2 Å². The van der Waals surface area contributed by atoms with Crippen molar-refractivity contribution in [3.63, 3.8) is 0 Å². The molecule has 0 saturated carbocycles. The summed E-state index contributed by atoms with van der Waals surface area (Å²) >= 11 is 0. The number of carbonyl (C=O) groups excluding carboxylic acids is 1. The fourth-order valence-corrected chi connectivity index (χ4v) is 1.31. The van der Waals surface area contributed by atoms with Crippen molar-refractivity contribution < 1.29 is 9.53 Å². The van der Waals surface area contributed by atoms with Gasteiger partial charge in [-0.25, -0.2) is 5.43 Å². The van der Waals surface area contributed by atoms with Crippen molar-refractivity contribution in [2.75, 3.05) is 32.8 Å². The Morgan fingerprint density at radius 1 is 1.35 bits per heavy atom. The monoisotopic (exact) mass is 241 g/mol. The first kappa shape index (κ1) is 14.1. The summed E-state index contributed by atoms with van der Waals surface area (Å²) in [5.74, 6) is -0.0597. The number of amides is 1. The van der Waals surface area contributed by atoms with Gasteiger partial charge in [-0.3, -0.25) is 9.69 Å². The molecule has 1 heterocycles. The highest BCUT2D eigenvalue weighted by molar-refractivity contribution is 5.88. The first-order valence-corrected chi connectivity index (χ1v) is 6.03. The lowest BCUT2D eigenvalue weighted by atomic mass is 9.91. The van der Waals surface area contributed by atoms with Crippen LogP contribution in [0, 0.1) is 5.41 Å². The van der Waals surface area contributed by atoms with Crippen molar-refractivity contribution in [3.8, 4) is 0 Å². The van der Waals surface area contributed by atoms with Crippen molar-refractivity contribution in [1.82, 2.24) is 10.3 Å². The van der Waals surface area contributed by atoms with Crippen LogP contribution in [-0.4, -0.2) is 49.4 Å². The highest BCUT2D eigenvalue weighted by Gasteiger charge is 2.16. The van der Waals surface area contributed by atoms with E-state index in [0.717, 1.165) is 18.8 Å². The Bertz CT molecular complexity index is 289. The van der Waals surface area contributed by atoms with Crippen LogP contribution in [0.2, 0.25) is 0 Å². The zero-order valence-electron chi connectivity index (χ0n) is 11.2. The molecule has 0 unspecified atom stereocenters. The SMILES string of the molecule is C/C(=N\NC(=O)CN1CCOCC1)C(C)(C)C. The molecule has 0 radical (unpaired) electrons. The van der Waals surface area contributed by atoms with Crippen molar-refractivity contribution in [3.05, 3.63) is 0 Å². The average molecular weight is 241 g/mol. The first-order valence-electron chi connectivity index (χ1n) is 6.03. The van der Waals surface area contributed by atoms with Gasteiger partial charge in [0.2, 0.25) is 0 Å². The summed E-state index contributed by atoms with van der Waals surface area (Å²) in [5.41, 5.74) is 3.52. The van der Waals surface area contributed by atoms with Crippen LogP contribution < -0.4 is 5.43 Å². The van der Waals surface area contributed by atoms with Gasteiger partial charge in [0.1, 0.15) is 0 Å². The van der Waals surface area contributed by atoms with Crippen LogP contribution >= 0.6 is 0 Å². The van der Waals surface area contributed by atoms with Gasteiger partial charge in [0.25, 0.3) is 5.91 Å². The Morgan fingerprint density at radius 3 is 2.47 bits per heavy atom. The van der Waals surface area contributed by atoms with Gasteiger partial charge in [-0.05, 0) is 6.92 Å². The molecule has 1 saturated heterocycles. The Hall–Kier alpha value is -0.940. The molecular formula is C12H23N3O2. The van der Waals surface area contributed by atoms with Gasteiger partial charge in [0, 0.05) is 24.2 Å². The molecule has 98 valence electrons. The number of rotatable bonds is 3. The summed E-state index contributed by atoms with van der Waals surface area (Å²) in [5, 5.41) is 4.12. The van der Waals surface area contributed by atoms with Crippen LogP contribution in [0.4, 0.5) is 0 Å². The number of nitrogens with one attached hydrogen (secondary N) is 1. The smallest absolute Gasteiger partial charge is 0.254 e. The molecule has 1 fully saturated rings. The van der Waals surface area contributed by atoms with Crippen LogP contribution in [0.25, 0.3) is 0 Å². The van der Waals surface area contributed by atoms with E-state index in [1.54, 1.807) is 0 Å². The number of hydrazone groups is 1. The number of hydrogen-bond acceptors (Lipinski definition) is 4. The summed E-state index contributed by atoms with van der Waals surface area (Å²) in [6, 6.07) is 0. The predicted octanol–water partition coefficient (Wildman–Crippen LogP) is 0.857. The van der Waals surface area contributed by atoms with E-state index in [9.17, 15) is 4.79 Å². The van der Waals surface area contributed by atoms with Gasteiger partial charge in [-0.2, -0.15) is 5.10 Å². The lowest BCUT2D eigenvalue weighted by molar-refractivity contribution is -0.123. The van der Waals surface area contributed by atoms with Crippen LogP contribution in [0.5, 0.6) is 0 Å². The number of carbonyl (C=O) groups is 1. The molecule has 0 bridgehead atoms. The summed E-state index contributed by atoms with van der Waals surface area (Å²) in [6.07, 6.45) is 0. The maximum atomic E-state index is 11.6. The second-order valence-electron chi connectivity index (χ2n) is 5.37.